The largest absolute Gasteiger partial charge is 0.364 e. The van der Waals surface area contributed by atoms with E-state index in [1.165, 1.54) is 0 Å². The number of halogens is 1. The average molecular weight is 340 g/mol. The lowest BCUT2D eigenvalue weighted by molar-refractivity contribution is -0.126. The minimum atomic E-state index is -0.547. The van der Waals surface area contributed by atoms with Crippen LogP contribution in [-0.2, 0) is 9.53 Å². The van der Waals surface area contributed by atoms with Crippen molar-refractivity contribution >= 4 is 29.1 Å². The number of carbonyl (C=O) groups is 2. The molecule has 1 aromatic carbocycles. The third-order valence-corrected chi connectivity index (χ3v) is 3.92. The molecule has 0 spiro atoms. The van der Waals surface area contributed by atoms with Crippen molar-refractivity contribution < 1.29 is 14.3 Å². The smallest absolute Gasteiger partial charge is 0.253 e. The summed E-state index contributed by atoms with van der Waals surface area (Å²) in [7, 11) is 0. The molecular weight excluding hydrogens is 318 g/mol. The minimum Gasteiger partial charge on any atom is -0.364 e. The van der Waals surface area contributed by atoms with Gasteiger partial charge in [0, 0.05) is 18.1 Å². The Hall–Kier alpha value is -1.63. The first kappa shape index (κ1) is 17.7. The molecule has 2 rings (SSSR count). The Morgan fingerprint density at radius 1 is 1.39 bits per heavy atom. The van der Waals surface area contributed by atoms with Crippen molar-refractivity contribution in [1.82, 2.24) is 5.32 Å². The molecule has 4 N–H and O–H groups in total. The van der Waals surface area contributed by atoms with Crippen molar-refractivity contribution in [1.29, 1.82) is 0 Å². The summed E-state index contributed by atoms with van der Waals surface area (Å²) in [6.07, 6.45) is 1.57. The van der Waals surface area contributed by atoms with E-state index in [1.807, 2.05) is 6.92 Å². The summed E-state index contributed by atoms with van der Waals surface area (Å²) >= 11 is 5.98. The number of anilines is 1. The number of rotatable bonds is 6. The van der Waals surface area contributed by atoms with Crippen LogP contribution in [0.15, 0.2) is 18.2 Å². The molecule has 6 nitrogen and oxygen atoms in total. The van der Waals surface area contributed by atoms with E-state index in [0.29, 0.717) is 35.8 Å². The summed E-state index contributed by atoms with van der Waals surface area (Å²) in [6.45, 7) is 2.93. The quantitative estimate of drug-likeness (QED) is 0.738. The summed E-state index contributed by atoms with van der Waals surface area (Å²) in [5, 5.41) is 5.98. The Labute approximate surface area is 140 Å². The maximum Gasteiger partial charge on any atom is 0.253 e. The van der Waals surface area contributed by atoms with Gasteiger partial charge in [-0.05, 0) is 37.5 Å². The highest BCUT2D eigenvalue weighted by Gasteiger charge is 2.30. The van der Waals surface area contributed by atoms with Gasteiger partial charge in [-0.25, -0.2) is 0 Å². The van der Waals surface area contributed by atoms with Gasteiger partial charge in [0.25, 0.3) is 11.8 Å². The molecule has 126 valence electrons. The van der Waals surface area contributed by atoms with Crippen molar-refractivity contribution in [3.05, 3.63) is 28.8 Å². The number of nitrogens with one attached hydrogen (secondary N) is 2. The number of hydrogen-bond donors (Lipinski definition) is 3. The molecule has 1 heterocycles. The van der Waals surface area contributed by atoms with Crippen LogP contribution in [0.5, 0.6) is 0 Å². The molecule has 1 fully saturated rings. The van der Waals surface area contributed by atoms with Gasteiger partial charge in [-0.3, -0.25) is 9.59 Å². The summed E-state index contributed by atoms with van der Waals surface area (Å²) < 4.78 is 5.57. The molecule has 0 saturated carbocycles. The third kappa shape index (κ3) is 4.67. The van der Waals surface area contributed by atoms with Gasteiger partial charge in [0.1, 0.15) is 6.10 Å². The zero-order chi connectivity index (χ0) is 16.8. The molecule has 2 atom stereocenters. The first-order chi connectivity index (χ1) is 11.0. The van der Waals surface area contributed by atoms with E-state index in [2.05, 4.69) is 10.6 Å². The Morgan fingerprint density at radius 2 is 2.17 bits per heavy atom. The first-order valence-corrected chi connectivity index (χ1v) is 8.17. The molecule has 0 radical (unpaired) electrons. The molecule has 1 aromatic rings. The molecule has 0 bridgehead atoms. The maximum atomic E-state index is 12.3. The van der Waals surface area contributed by atoms with Crippen LogP contribution in [-0.4, -0.2) is 37.1 Å². The molecule has 0 unspecified atom stereocenters. The Kier molecular flexibility index (Phi) is 6.38. The minimum absolute atomic E-state index is 0.0857. The highest BCUT2D eigenvalue weighted by atomic mass is 35.5. The van der Waals surface area contributed by atoms with Crippen LogP contribution in [0.1, 0.15) is 36.5 Å². The molecule has 0 aliphatic carbocycles. The summed E-state index contributed by atoms with van der Waals surface area (Å²) in [6, 6.07) is 4.78. The van der Waals surface area contributed by atoms with Crippen LogP contribution in [0.25, 0.3) is 0 Å². The predicted octanol–water partition coefficient (Wildman–Crippen LogP) is 1.92. The second kappa shape index (κ2) is 8.29. The van der Waals surface area contributed by atoms with Crippen molar-refractivity contribution in [3.8, 4) is 0 Å². The fourth-order valence-electron chi connectivity index (χ4n) is 2.44. The number of amides is 2. The molecule has 1 aliphatic heterocycles. The summed E-state index contributed by atoms with van der Waals surface area (Å²) in [4.78, 5) is 24.5. The second-order valence-electron chi connectivity index (χ2n) is 5.49. The lowest BCUT2D eigenvalue weighted by Crippen LogP contribution is -2.31. The van der Waals surface area contributed by atoms with Crippen LogP contribution < -0.4 is 16.4 Å². The van der Waals surface area contributed by atoms with Gasteiger partial charge < -0.3 is 21.1 Å². The van der Waals surface area contributed by atoms with Crippen LogP contribution in [0.4, 0.5) is 5.69 Å². The number of nitrogens with two attached hydrogens (primary N) is 1. The van der Waals surface area contributed by atoms with Gasteiger partial charge in [0.05, 0.1) is 17.4 Å². The van der Waals surface area contributed by atoms with Crippen LogP contribution in [0.3, 0.4) is 0 Å². The molecule has 1 saturated heterocycles. The fraction of sp³-hybridized carbons (Fsp3) is 0.500. The predicted molar refractivity (Wildman–Crippen MR) is 89.7 cm³/mol. The topological polar surface area (TPSA) is 93.5 Å². The van der Waals surface area contributed by atoms with Crippen LogP contribution >= 0.6 is 11.6 Å². The third-order valence-electron chi connectivity index (χ3n) is 3.68. The zero-order valence-electron chi connectivity index (χ0n) is 13.1. The monoisotopic (exact) mass is 339 g/mol. The van der Waals surface area contributed by atoms with Crippen molar-refractivity contribution in [2.75, 3.05) is 18.4 Å². The fourth-order valence-corrected chi connectivity index (χ4v) is 2.61. The van der Waals surface area contributed by atoms with Gasteiger partial charge in [0.2, 0.25) is 0 Å². The lowest BCUT2D eigenvalue weighted by Gasteiger charge is -2.15. The molecule has 2 amide bonds. The highest BCUT2D eigenvalue weighted by Crippen LogP contribution is 2.24. The van der Waals surface area contributed by atoms with E-state index >= 15 is 0 Å². The van der Waals surface area contributed by atoms with Crippen molar-refractivity contribution in [2.24, 2.45) is 5.73 Å². The van der Waals surface area contributed by atoms with E-state index in [9.17, 15) is 9.59 Å². The number of benzene rings is 1. The van der Waals surface area contributed by atoms with Gasteiger partial charge in [0.15, 0.2) is 0 Å². The van der Waals surface area contributed by atoms with E-state index < -0.39 is 6.10 Å². The molecule has 1 aliphatic rings. The van der Waals surface area contributed by atoms with Crippen molar-refractivity contribution in [3.63, 3.8) is 0 Å². The normalized spacial score (nSPS) is 20.3. The highest BCUT2D eigenvalue weighted by molar-refractivity contribution is 6.31. The summed E-state index contributed by atoms with van der Waals surface area (Å²) in [5.41, 5.74) is 6.32. The number of ether oxygens (including phenoxy) is 1. The molecule has 0 aromatic heterocycles. The first-order valence-electron chi connectivity index (χ1n) is 7.79. The van der Waals surface area contributed by atoms with Gasteiger partial charge in [-0.2, -0.15) is 0 Å². The van der Waals surface area contributed by atoms with Gasteiger partial charge in [-0.15, -0.1) is 0 Å². The average Bonchev–Trinajstić information content (AvgIpc) is 3.02. The molecule has 23 heavy (non-hydrogen) atoms. The number of carbonyl (C=O) groups excluding carboxylic acids is 2. The van der Waals surface area contributed by atoms with Crippen molar-refractivity contribution in [2.45, 2.75) is 38.4 Å². The van der Waals surface area contributed by atoms with E-state index in [4.69, 9.17) is 22.1 Å². The Morgan fingerprint density at radius 3 is 2.83 bits per heavy atom. The SMILES string of the molecule is CCCNC(=O)c1ccc(Cl)cc1NC(=O)[C@@H]1CC[C@H](CN)O1. The van der Waals surface area contributed by atoms with Gasteiger partial charge >= 0.3 is 0 Å². The van der Waals surface area contributed by atoms with Crippen LogP contribution in [0, 0.1) is 0 Å². The zero-order valence-corrected chi connectivity index (χ0v) is 13.9. The maximum absolute atomic E-state index is 12.3. The van der Waals surface area contributed by atoms with Gasteiger partial charge in [-0.1, -0.05) is 18.5 Å². The van der Waals surface area contributed by atoms with E-state index in [1.54, 1.807) is 18.2 Å². The standard InChI is InChI=1S/C16H22ClN3O3/c1-2-7-19-15(21)12-5-3-10(17)8-13(12)20-16(22)14-6-4-11(9-18)23-14/h3,5,8,11,14H,2,4,6-7,9,18H2,1H3,(H,19,21)(H,20,22)/t11-,14+/m1/s1. The summed E-state index contributed by atoms with van der Waals surface area (Å²) in [5.74, 6) is -0.529. The van der Waals surface area contributed by atoms with E-state index in [-0.39, 0.29) is 17.9 Å². The molecular formula is C16H22ClN3O3. The Bertz CT molecular complexity index is 580. The van der Waals surface area contributed by atoms with E-state index in [0.717, 1.165) is 12.8 Å². The number of hydrogen-bond acceptors (Lipinski definition) is 4. The lowest BCUT2D eigenvalue weighted by atomic mass is 10.1. The van der Waals surface area contributed by atoms with Crippen LogP contribution in [0.2, 0.25) is 5.02 Å². The second-order valence-corrected chi connectivity index (χ2v) is 5.93. The Balaban J connectivity index is 2.10. The molecule has 7 heteroatoms.